The number of anilines is 2. The van der Waals surface area contributed by atoms with E-state index in [0.717, 1.165) is 9.86 Å². The standard InChI is InChI=1S/C15H11BrN4O/c16-9-5-6-14(18-8-9)20-15(21)11-7-13(17)19-12-4-2-1-3-10(11)12/h1-8H,(H2,17,19)(H,18,20,21). The number of rotatable bonds is 2. The molecule has 3 aromatic rings. The molecule has 0 fully saturated rings. The second-order valence-electron chi connectivity index (χ2n) is 4.43. The van der Waals surface area contributed by atoms with Gasteiger partial charge in [0.15, 0.2) is 0 Å². The van der Waals surface area contributed by atoms with Gasteiger partial charge in [0.05, 0.1) is 11.1 Å². The van der Waals surface area contributed by atoms with E-state index in [2.05, 4.69) is 31.2 Å². The number of fused-ring (bicyclic) bond motifs is 1. The van der Waals surface area contributed by atoms with Crippen LogP contribution in [-0.2, 0) is 0 Å². The molecule has 104 valence electrons. The molecule has 3 rings (SSSR count). The molecular formula is C15H11BrN4O. The molecule has 21 heavy (non-hydrogen) atoms. The van der Waals surface area contributed by atoms with E-state index >= 15 is 0 Å². The third-order valence-corrected chi connectivity index (χ3v) is 3.42. The monoisotopic (exact) mass is 342 g/mol. The Morgan fingerprint density at radius 3 is 2.76 bits per heavy atom. The zero-order valence-corrected chi connectivity index (χ0v) is 12.5. The molecule has 0 saturated heterocycles. The van der Waals surface area contributed by atoms with E-state index in [4.69, 9.17) is 5.73 Å². The van der Waals surface area contributed by atoms with Crippen molar-refractivity contribution in [2.24, 2.45) is 0 Å². The number of hydrogen-bond acceptors (Lipinski definition) is 4. The van der Waals surface area contributed by atoms with E-state index in [-0.39, 0.29) is 5.91 Å². The van der Waals surface area contributed by atoms with Crippen molar-refractivity contribution in [1.82, 2.24) is 9.97 Å². The number of para-hydroxylation sites is 1. The fourth-order valence-corrected chi connectivity index (χ4v) is 2.25. The average molecular weight is 343 g/mol. The third-order valence-electron chi connectivity index (χ3n) is 2.95. The summed E-state index contributed by atoms with van der Waals surface area (Å²) in [6, 6.07) is 12.5. The van der Waals surface area contributed by atoms with Crippen molar-refractivity contribution >= 4 is 44.4 Å². The number of pyridine rings is 2. The smallest absolute Gasteiger partial charge is 0.257 e. The second-order valence-corrected chi connectivity index (χ2v) is 5.34. The highest BCUT2D eigenvalue weighted by atomic mass is 79.9. The predicted molar refractivity (Wildman–Crippen MR) is 86.0 cm³/mol. The average Bonchev–Trinajstić information content (AvgIpc) is 2.48. The van der Waals surface area contributed by atoms with Gasteiger partial charge in [0, 0.05) is 16.1 Å². The normalized spacial score (nSPS) is 10.5. The second kappa shape index (κ2) is 5.49. The summed E-state index contributed by atoms with van der Waals surface area (Å²) in [5.74, 6) is 0.514. The Bertz CT molecular complexity index is 818. The van der Waals surface area contributed by atoms with Crippen molar-refractivity contribution in [3.63, 3.8) is 0 Å². The fraction of sp³-hybridized carbons (Fsp3) is 0. The van der Waals surface area contributed by atoms with Crippen LogP contribution >= 0.6 is 15.9 Å². The van der Waals surface area contributed by atoms with Crippen molar-refractivity contribution in [3.05, 3.63) is 58.7 Å². The Morgan fingerprint density at radius 2 is 2.00 bits per heavy atom. The highest BCUT2D eigenvalue weighted by molar-refractivity contribution is 9.10. The number of carbonyl (C=O) groups excluding carboxylic acids is 1. The van der Waals surface area contributed by atoms with Crippen molar-refractivity contribution in [2.45, 2.75) is 0 Å². The van der Waals surface area contributed by atoms with Crippen molar-refractivity contribution in [3.8, 4) is 0 Å². The first-order chi connectivity index (χ1) is 10.1. The third kappa shape index (κ3) is 2.85. The van der Waals surface area contributed by atoms with E-state index in [9.17, 15) is 4.79 Å². The number of amides is 1. The van der Waals surface area contributed by atoms with Gasteiger partial charge in [-0.2, -0.15) is 0 Å². The molecule has 5 nitrogen and oxygen atoms in total. The number of nitrogens with two attached hydrogens (primary N) is 1. The van der Waals surface area contributed by atoms with Crippen LogP contribution in [0.2, 0.25) is 0 Å². The zero-order valence-electron chi connectivity index (χ0n) is 10.9. The summed E-state index contributed by atoms with van der Waals surface area (Å²) in [7, 11) is 0. The maximum absolute atomic E-state index is 12.4. The van der Waals surface area contributed by atoms with Crippen molar-refractivity contribution in [2.75, 3.05) is 11.1 Å². The van der Waals surface area contributed by atoms with Gasteiger partial charge in [-0.05, 0) is 40.2 Å². The largest absolute Gasteiger partial charge is 0.384 e. The van der Waals surface area contributed by atoms with E-state index in [1.165, 1.54) is 0 Å². The zero-order chi connectivity index (χ0) is 14.8. The lowest BCUT2D eigenvalue weighted by Crippen LogP contribution is -2.14. The number of benzene rings is 1. The minimum atomic E-state index is -0.268. The first-order valence-electron chi connectivity index (χ1n) is 6.21. The van der Waals surface area contributed by atoms with Gasteiger partial charge < -0.3 is 11.1 Å². The number of carbonyl (C=O) groups is 1. The van der Waals surface area contributed by atoms with Crippen LogP contribution in [0.5, 0.6) is 0 Å². The molecule has 0 aliphatic carbocycles. The summed E-state index contributed by atoms with van der Waals surface area (Å²) in [6.45, 7) is 0. The van der Waals surface area contributed by atoms with Crippen LogP contribution in [0.1, 0.15) is 10.4 Å². The lowest BCUT2D eigenvalue weighted by molar-refractivity contribution is 0.102. The number of hydrogen-bond donors (Lipinski definition) is 2. The molecule has 1 amide bonds. The first kappa shape index (κ1) is 13.5. The van der Waals surface area contributed by atoms with E-state index < -0.39 is 0 Å². The quantitative estimate of drug-likeness (QED) is 0.749. The van der Waals surface area contributed by atoms with Crippen LogP contribution in [0.4, 0.5) is 11.6 Å². The molecule has 0 atom stereocenters. The SMILES string of the molecule is Nc1cc(C(=O)Nc2ccc(Br)cn2)c2ccccc2n1. The molecule has 1 aromatic carbocycles. The van der Waals surface area contributed by atoms with Gasteiger partial charge in [-0.3, -0.25) is 4.79 Å². The van der Waals surface area contributed by atoms with E-state index in [1.54, 1.807) is 18.3 Å². The summed E-state index contributed by atoms with van der Waals surface area (Å²) in [5, 5.41) is 3.50. The Hall–Kier alpha value is -2.47. The molecule has 0 aliphatic heterocycles. The van der Waals surface area contributed by atoms with Crippen LogP contribution in [0.3, 0.4) is 0 Å². The molecule has 0 unspecified atom stereocenters. The van der Waals surface area contributed by atoms with Crippen LogP contribution in [0, 0.1) is 0 Å². The summed E-state index contributed by atoms with van der Waals surface area (Å²) in [4.78, 5) is 20.8. The molecule has 0 aliphatic rings. The van der Waals surface area contributed by atoms with Crippen LogP contribution in [0.15, 0.2) is 53.1 Å². The van der Waals surface area contributed by atoms with Crippen LogP contribution < -0.4 is 11.1 Å². The van der Waals surface area contributed by atoms with Crippen LogP contribution in [0.25, 0.3) is 10.9 Å². The number of nitrogen functional groups attached to an aromatic ring is 1. The minimum absolute atomic E-state index is 0.268. The lowest BCUT2D eigenvalue weighted by Gasteiger charge is -2.08. The van der Waals surface area contributed by atoms with E-state index in [0.29, 0.717) is 22.7 Å². The van der Waals surface area contributed by atoms with Crippen molar-refractivity contribution in [1.29, 1.82) is 0 Å². The van der Waals surface area contributed by atoms with Gasteiger partial charge >= 0.3 is 0 Å². The highest BCUT2D eigenvalue weighted by Crippen LogP contribution is 2.20. The van der Waals surface area contributed by atoms with Gasteiger partial charge in [0.25, 0.3) is 5.91 Å². The van der Waals surface area contributed by atoms with Crippen molar-refractivity contribution < 1.29 is 4.79 Å². The maximum Gasteiger partial charge on any atom is 0.257 e. The summed E-state index contributed by atoms with van der Waals surface area (Å²) in [5.41, 5.74) is 6.92. The Balaban J connectivity index is 1.99. The molecule has 6 heteroatoms. The molecule has 0 saturated carbocycles. The van der Waals surface area contributed by atoms with E-state index in [1.807, 2.05) is 30.3 Å². The first-order valence-corrected chi connectivity index (χ1v) is 7.01. The van der Waals surface area contributed by atoms with Gasteiger partial charge in [-0.1, -0.05) is 18.2 Å². The van der Waals surface area contributed by atoms with Gasteiger partial charge in [-0.15, -0.1) is 0 Å². The number of halogens is 1. The molecule has 2 aromatic heterocycles. The molecule has 2 heterocycles. The van der Waals surface area contributed by atoms with Gasteiger partial charge in [0.2, 0.25) is 0 Å². The lowest BCUT2D eigenvalue weighted by atomic mass is 10.1. The maximum atomic E-state index is 12.4. The number of aromatic nitrogens is 2. The summed E-state index contributed by atoms with van der Waals surface area (Å²) < 4.78 is 0.846. The topological polar surface area (TPSA) is 80.9 Å². The fourth-order valence-electron chi connectivity index (χ4n) is 2.02. The summed E-state index contributed by atoms with van der Waals surface area (Å²) >= 11 is 3.30. The summed E-state index contributed by atoms with van der Waals surface area (Å²) in [6.07, 6.45) is 1.62. The molecular weight excluding hydrogens is 332 g/mol. The predicted octanol–water partition coefficient (Wildman–Crippen LogP) is 3.23. The van der Waals surface area contributed by atoms with Gasteiger partial charge in [-0.25, -0.2) is 9.97 Å². The Morgan fingerprint density at radius 1 is 1.19 bits per heavy atom. The molecule has 0 spiro atoms. The number of nitrogens with zero attached hydrogens (tertiary/aromatic N) is 2. The Labute approximate surface area is 129 Å². The van der Waals surface area contributed by atoms with Crippen LogP contribution in [-0.4, -0.2) is 15.9 Å². The highest BCUT2D eigenvalue weighted by Gasteiger charge is 2.12. The molecule has 3 N–H and O–H groups in total. The molecule has 0 bridgehead atoms. The number of nitrogens with one attached hydrogen (secondary N) is 1. The minimum Gasteiger partial charge on any atom is -0.384 e. The Kier molecular flexibility index (Phi) is 3.53. The molecule has 0 radical (unpaired) electrons. The van der Waals surface area contributed by atoms with Gasteiger partial charge in [0.1, 0.15) is 11.6 Å².